The molecule has 0 saturated heterocycles. The van der Waals surface area contributed by atoms with E-state index in [2.05, 4.69) is 4.72 Å². The average molecular weight is 300 g/mol. The summed E-state index contributed by atoms with van der Waals surface area (Å²) in [4.78, 5) is 12.7. The Morgan fingerprint density at radius 2 is 1.85 bits per heavy atom. The third-order valence-corrected chi connectivity index (χ3v) is 4.02. The van der Waals surface area contributed by atoms with Crippen molar-refractivity contribution in [2.75, 3.05) is 27.2 Å². The average Bonchev–Trinajstić information content (AvgIpc) is 2.34. The van der Waals surface area contributed by atoms with Crippen LogP contribution >= 0.6 is 0 Å². The number of nitrogens with zero attached hydrogens (tertiary/aromatic N) is 1. The number of benzene rings is 1. The van der Waals surface area contributed by atoms with Crippen molar-refractivity contribution >= 4 is 16.0 Å². The number of hydrogen-bond acceptors (Lipinski definition) is 4. The summed E-state index contributed by atoms with van der Waals surface area (Å²) in [5.74, 6) is -1.17. The molecule has 0 radical (unpaired) electrons. The van der Waals surface area contributed by atoms with Crippen LogP contribution in [0, 0.1) is 0 Å². The summed E-state index contributed by atoms with van der Waals surface area (Å²) in [5.41, 5.74) is 0.709. The van der Waals surface area contributed by atoms with E-state index in [0.717, 1.165) is 13.0 Å². The van der Waals surface area contributed by atoms with Crippen LogP contribution < -0.4 is 4.72 Å². The monoisotopic (exact) mass is 300 g/mol. The van der Waals surface area contributed by atoms with E-state index in [1.807, 2.05) is 19.0 Å². The number of nitrogens with one attached hydrogen (secondary N) is 1. The van der Waals surface area contributed by atoms with Gasteiger partial charge in [0.1, 0.15) is 0 Å². The molecule has 0 aromatic heterocycles. The topological polar surface area (TPSA) is 86.7 Å². The SMILES string of the molecule is CN(C)CCCNS(=O)(=O)Cc1ccc(C(=O)O)cc1. The maximum atomic E-state index is 11.8. The number of sulfonamides is 1. The van der Waals surface area contributed by atoms with E-state index in [1.165, 1.54) is 24.3 Å². The lowest BCUT2D eigenvalue weighted by Gasteiger charge is -2.10. The summed E-state index contributed by atoms with van der Waals surface area (Å²) in [6.07, 6.45) is 0.740. The van der Waals surface area contributed by atoms with Crippen LogP contribution in [0.3, 0.4) is 0 Å². The number of carboxylic acid groups (broad SMARTS) is 1. The molecular weight excluding hydrogens is 280 g/mol. The first-order valence-corrected chi connectivity index (χ1v) is 7.90. The predicted octanol–water partition coefficient (Wildman–Crippen LogP) is 0.756. The molecule has 1 aromatic carbocycles. The summed E-state index contributed by atoms with van der Waals surface area (Å²) in [6, 6.07) is 5.84. The largest absolute Gasteiger partial charge is 0.478 e. The number of carbonyl (C=O) groups is 1. The lowest BCUT2D eigenvalue weighted by Crippen LogP contribution is -2.28. The number of carboxylic acids is 1. The molecule has 6 nitrogen and oxygen atoms in total. The van der Waals surface area contributed by atoms with Crippen molar-refractivity contribution in [3.63, 3.8) is 0 Å². The zero-order chi connectivity index (χ0) is 15.2. The fraction of sp³-hybridized carbons (Fsp3) is 0.462. The smallest absolute Gasteiger partial charge is 0.335 e. The van der Waals surface area contributed by atoms with Gasteiger partial charge < -0.3 is 10.0 Å². The van der Waals surface area contributed by atoms with Gasteiger partial charge in [0, 0.05) is 6.54 Å². The lowest BCUT2D eigenvalue weighted by atomic mass is 10.1. The molecule has 1 rings (SSSR count). The van der Waals surface area contributed by atoms with E-state index in [4.69, 9.17) is 5.11 Å². The van der Waals surface area contributed by atoms with Crippen molar-refractivity contribution < 1.29 is 18.3 Å². The Bertz CT molecular complexity index is 538. The van der Waals surface area contributed by atoms with E-state index in [0.29, 0.717) is 12.1 Å². The highest BCUT2D eigenvalue weighted by Crippen LogP contribution is 2.08. The van der Waals surface area contributed by atoms with E-state index in [-0.39, 0.29) is 11.3 Å². The lowest BCUT2D eigenvalue weighted by molar-refractivity contribution is 0.0697. The molecule has 7 heteroatoms. The summed E-state index contributed by atoms with van der Waals surface area (Å²) >= 11 is 0. The van der Waals surface area contributed by atoms with E-state index in [9.17, 15) is 13.2 Å². The zero-order valence-corrected chi connectivity index (χ0v) is 12.5. The van der Waals surface area contributed by atoms with Crippen molar-refractivity contribution in [2.45, 2.75) is 12.2 Å². The van der Waals surface area contributed by atoms with Crippen LogP contribution in [0.4, 0.5) is 0 Å². The summed E-state index contributed by atoms with van der Waals surface area (Å²) in [7, 11) is 0.477. The van der Waals surface area contributed by atoms with Gasteiger partial charge >= 0.3 is 5.97 Å². The Kier molecular flexibility index (Phi) is 6.12. The highest BCUT2D eigenvalue weighted by atomic mass is 32.2. The highest BCUT2D eigenvalue weighted by Gasteiger charge is 2.11. The van der Waals surface area contributed by atoms with Crippen molar-refractivity contribution in [3.05, 3.63) is 35.4 Å². The van der Waals surface area contributed by atoms with Gasteiger partial charge in [-0.2, -0.15) is 0 Å². The van der Waals surface area contributed by atoms with Gasteiger partial charge in [0.25, 0.3) is 0 Å². The maximum Gasteiger partial charge on any atom is 0.335 e. The first-order chi connectivity index (χ1) is 9.30. The fourth-order valence-corrected chi connectivity index (χ4v) is 2.83. The van der Waals surface area contributed by atoms with Crippen LogP contribution in [0.15, 0.2) is 24.3 Å². The molecule has 0 aliphatic heterocycles. The van der Waals surface area contributed by atoms with Gasteiger partial charge in [-0.3, -0.25) is 0 Å². The molecule has 0 amide bonds. The van der Waals surface area contributed by atoms with E-state index < -0.39 is 16.0 Å². The van der Waals surface area contributed by atoms with Crippen LogP contribution in [0.2, 0.25) is 0 Å². The van der Waals surface area contributed by atoms with Crippen LogP contribution in [0.1, 0.15) is 22.3 Å². The Morgan fingerprint density at radius 3 is 2.35 bits per heavy atom. The minimum atomic E-state index is -3.38. The van der Waals surface area contributed by atoms with E-state index in [1.54, 1.807) is 0 Å². The van der Waals surface area contributed by atoms with Crippen molar-refractivity contribution in [2.24, 2.45) is 0 Å². The Balaban J connectivity index is 2.51. The first-order valence-electron chi connectivity index (χ1n) is 6.24. The fourth-order valence-electron chi connectivity index (χ4n) is 1.64. The second kappa shape index (κ2) is 7.37. The first kappa shape index (κ1) is 16.6. The van der Waals surface area contributed by atoms with Crippen LogP contribution in [0.25, 0.3) is 0 Å². The number of hydrogen-bond donors (Lipinski definition) is 2. The molecule has 0 heterocycles. The molecule has 0 fully saturated rings. The molecule has 1 aromatic rings. The van der Waals surface area contributed by atoms with Gasteiger partial charge in [0.15, 0.2) is 0 Å². The third kappa shape index (κ3) is 6.14. The van der Waals surface area contributed by atoms with Gasteiger partial charge in [0.2, 0.25) is 10.0 Å². The molecular formula is C13H20N2O4S. The molecule has 0 atom stereocenters. The molecule has 0 aliphatic carbocycles. The predicted molar refractivity (Wildman–Crippen MR) is 77.2 cm³/mol. The third-order valence-electron chi connectivity index (χ3n) is 2.66. The Hall–Kier alpha value is -1.44. The quantitative estimate of drug-likeness (QED) is 0.692. The zero-order valence-electron chi connectivity index (χ0n) is 11.7. The highest BCUT2D eigenvalue weighted by molar-refractivity contribution is 7.88. The van der Waals surface area contributed by atoms with Gasteiger partial charge in [0.05, 0.1) is 11.3 Å². The molecule has 2 N–H and O–H groups in total. The van der Waals surface area contributed by atoms with Crippen LogP contribution in [-0.2, 0) is 15.8 Å². The molecule has 0 bridgehead atoms. The second-order valence-corrected chi connectivity index (χ2v) is 6.62. The summed E-state index contributed by atoms with van der Waals surface area (Å²) in [6.45, 7) is 1.21. The molecule has 20 heavy (non-hydrogen) atoms. The minimum absolute atomic E-state index is 0.144. The van der Waals surface area contributed by atoms with Crippen molar-refractivity contribution in [1.29, 1.82) is 0 Å². The molecule has 0 spiro atoms. The molecule has 0 saturated carbocycles. The van der Waals surface area contributed by atoms with Gasteiger partial charge in [-0.1, -0.05) is 12.1 Å². The van der Waals surface area contributed by atoms with Crippen molar-refractivity contribution in [1.82, 2.24) is 9.62 Å². The number of aromatic carboxylic acids is 1. The van der Waals surface area contributed by atoms with Gasteiger partial charge in [-0.25, -0.2) is 17.9 Å². The normalized spacial score (nSPS) is 11.8. The maximum absolute atomic E-state index is 11.8. The minimum Gasteiger partial charge on any atom is -0.478 e. The van der Waals surface area contributed by atoms with Crippen LogP contribution in [-0.4, -0.2) is 51.6 Å². The van der Waals surface area contributed by atoms with Crippen LogP contribution in [0.5, 0.6) is 0 Å². The van der Waals surface area contributed by atoms with E-state index >= 15 is 0 Å². The van der Waals surface area contributed by atoms with Gasteiger partial charge in [-0.05, 0) is 44.8 Å². The molecule has 0 aliphatic rings. The molecule has 0 unspecified atom stereocenters. The summed E-state index contributed by atoms with van der Waals surface area (Å²) < 4.78 is 26.2. The Labute approximate surface area is 119 Å². The Morgan fingerprint density at radius 1 is 1.25 bits per heavy atom. The second-order valence-electron chi connectivity index (χ2n) is 4.81. The van der Waals surface area contributed by atoms with Crippen molar-refractivity contribution in [3.8, 4) is 0 Å². The molecule has 112 valence electrons. The standard InChI is InChI=1S/C13H20N2O4S/c1-15(2)9-3-8-14-20(18,19)10-11-4-6-12(7-5-11)13(16)17/h4-7,14H,3,8-10H2,1-2H3,(H,16,17). The summed E-state index contributed by atoms with van der Waals surface area (Å²) in [5, 5.41) is 8.76. The number of rotatable bonds is 8. The van der Waals surface area contributed by atoms with Gasteiger partial charge in [-0.15, -0.1) is 0 Å².